The molecule has 0 saturated carbocycles. The average molecular weight is 337 g/mol. The summed E-state index contributed by atoms with van der Waals surface area (Å²) in [5.41, 5.74) is 0. The monoisotopic (exact) mass is 338 g/mol. The van der Waals surface area contributed by atoms with Crippen LogP contribution in [-0.4, -0.2) is 25.0 Å². The topological polar surface area (TPSA) is 27.7 Å². The summed E-state index contributed by atoms with van der Waals surface area (Å²) in [6, 6.07) is 0. The van der Waals surface area contributed by atoms with Gasteiger partial charge in [0.15, 0.2) is 0 Å². The molecule has 0 bridgehead atoms. The van der Waals surface area contributed by atoms with Gasteiger partial charge in [0.1, 0.15) is 0 Å². The molecule has 1 atom stereocenters. The zero-order chi connectivity index (χ0) is 12.1. The minimum atomic E-state index is -2.85. The Balaban J connectivity index is 2.58. The van der Waals surface area contributed by atoms with Gasteiger partial charge in [0.2, 0.25) is 0 Å². The molecule has 16 heavy (non-hydrogen) atoms. The van der Waals surface area contributed by atoms with E-state index >= 15 is 0 Å². The summed E-state index contributed by atoms with van der Waals surface area (Å²) in [5.74, 6) is -0.461. The van der Waals surface area contributed by atoms with Gasteiger partial charge in [-0.25, -0.2) is 0 Å². The molecule has 0 aromatic rings. The third-order valence-electron chi connectivity index (χ3n) is 3.24. The summed E-state index contributed by atoms with van der Waals surface area (Å²) < 4.78 is 14.3. The van der Waals surface area contributed by atoms with Crippen LogP contribution in [0.2, 0.25) is 8.87 Å². The Kier molecular flexibility index (Phi) is 6.05. The van der Waals surface area contributed by atoms with Gasteiger partial charge in [-0.1, -0.05) is 0 Å². The average Bonchev–Trinajstić information content (AvgIpc) is 2.64. The van der Waals surface area contributed by atoms with E-state index in [-0.39, 0.29) is 0 Å². The third-order valence-corrected chi connectivity index (χ3v) is 13.0. The number of hydrogen-bond acceptors (Lipinski definition) is 3. The van der Waals surface area contributed by atoms with Crippen molar-refractivity contribution in [1.29, 1.82) is 0 Å². The Morgan fingerprint density at radius 1 is 1.00 bits per heavy atom. The molecule has 0 amide bonds. The van der Waals surface area contributed by atoms with Crippen LogP contribution in [0, 0.1) is 0 Å². The quantitative estimate of drug-likeness (QED) is 0.516. The Hall–Kier alpha value is 0.679. The molecule has 4 heteroatoms. The molecule has 0 aliphatic carbocycles. The second-order valence-electron chi connectivity index (χ2n) is 4.87. The first-order valence-electron chi connectivity index (χ1n) is 6.67. The van der Waals surface area contributed by atoms with Crippen molar-refractivity contribution >= 4 is 19.2 Å². The number of unbranched alkanes of at least 4 members (excludes halogenated alkanes) is 2. The molecular weight excluding hydrogens is 311 g/mol. The van der Waals surface area contributed by atoms with Crippen molar-refractivity contribution in [2.45, 2.75) is 74.5 Å². The van der Waals surface area contributed by atoms with Crippen LogP contribution in [0.15, 0.2) is 0 Å². The fourth-order valence-electron chi connectivity index (χ4n) is 1.93. The fourth-order valence-corrected chi connectivity index (χ4v) is 12.6. The Labute approximate surface area is 105 Å². The van der Waals surface area contributed by atoms with E-state index in [2.05, 4.69) is 20.8 Å². The van der Waals surface area contributed by atoms with E-state index in [1.807, 2.05) is 6.92 Å². The van der Waals surface area contributed by atoms with Crippen molar-refractivity contribution in [3.63, 3.8) is 0 Å². The zero-order valence-corrected chi connectivity index (χ0v) is 14.0. The van der Waals surface area contributed by atoms with Crippen molar-refractivity contribution in [2.75, 3.05) is 0 Å². The molecule has 0 radical (unpaired) electrons. The Morgan fingerprint density at radius 2 is 1.56 bits per heavy atom. The van der Waals surface area contributed by atoms with Crippen LogP contribution in [0.1, 0.15) is 59.8 Å². The molecule has 1 saturated heterocycles. The molecule has 0 N–H and O–H groups in total. The van der Waals surface area contributed by atoms with Gasteiger partial charge in [0, 0.05) is 0 Å². The van der Waals surface area contributed by atoms with E-state index in [4.69, 9.17) is 11.2 Å². The van der Waals surface area contributed by atoms with Crippen LogP contribution >= 0.6 is 0 Å². The SMILES string of the molecule is CCC[CH2][Sn]1([CH2]CCC)[O]OC(C)(CC)[O]1. The van der Waals surface area contributed by atoms with E-state index in [0.29, 0.717) is 0 Å². The van der Waals surface area contributed by atoms with E-state index in [0.717, 1.165) is 15.3 Å². The molecule has 96 valence electrons. The predicted octanol–water partition coefficient (Wildman–Crippen LogP) is 4.13. The van der Waals surface area contributed by atoms with Gasteiger partial charge in [-0.2, -0.15) is 0 Å². The van der Waals surface area contributed by atoms with Crippen LogP contribution in [0.3, 0.4) is 0 Å². The van der Waals surface area contributed by atoms with Gasteiger partial charge in [-0.3, -0.25) is 0 Å². The Morgan fingerprint density at radius 3 is 1.94 bits per heavy atom. The second kappa shape index (κ2) is 6.57. The molecule has 3 nitrogen and oxygen atoms in total. The zero-order valence-electron chi connectivity index (χ0n) is 11.2. The predicted molar refractivity (Wildman–Crippen MR) is 67.1 cm³/mol. The van der Waals surface area contributed by atoms with E-state index in [9.17, 15) is 0 Å². The fraction of sp³-hybridized carbons (Fsp3) is 1.00. The van der Waals surface area contributed by atoms with Gasteiger partial charge in [0.05, 0.1) is 0 Å². The molecule has 1 fully saturated rings. The maximum absolute atomic E-state index is 6.26. The summed E-state index contributed by atoms with van der Waals surface area (Å²) >= 11 is -2.85. The van der Waals surface area contributed by atoms with Crippen LogP contribution < -0.4 is 0 Å². The van der Waals surface area contributed by atoms with Crippen molar-refractivity contribution in [2.24, 2.45) is 0 Å². The normalized spacial score (nSPS) is 28.5. The maximum atomic E-state index is 6.26. The van der Waals surface area contributed by atoms with Gasteiger partial charge in [-0.15, -0.1) is 0 Å². The van der Waals surface area contributed by atoms with Gasteiger partial charge >= 0.3 is 105 Å². The van der Waals surface area contributed by atoms with Crippen LogP contribution in [0.25, 0.3) is 0 Å². The molecule has 0 aromatic heterocycles. The first kappa shape index (κ1) is 14.7. The summed E-state index contributed by atoms with van der Waals surface area (Å²) in [6.07, 6.45) is 5.70. The van der Waals surface area contributed by atoms with Crippen molar-refractivity contribution < 1.29 is 11.2 Å². The van der Waals surface area contributed by atoms with Crippen molar-refractivity contribution in [3.05, 3.63) is 0 Å². The molecule has 1 aliphatic rings. The number of rotatable bonds is 7. The third kappa shape index (κ3) is 3.86. The first-order chi connectivity index (χ1) is 7.60. The Bertz CT molecular complexity index is 197. The molecule has 1 unspecified atom stereocenters. The van der Waals surface area contributed by atoms with Gasteiger partial charge in [0.25, 0.3) is 0 Å². The molecular formula is C12H26O3Sn. The minimum absolute atomic E-state index is 0.461. The summed E-state index contributed by atoms with van der Waals surface area (Å²) in [4.78, 5) is 5.47. The standard InChI is InChI=1S/C4H9O3.2C4H9.Sn/c1-3-4(2,5)7-6;2*1-3-4-2;/h6H,3H2,1-2H3;2*1,3-4H2,2H3;/q-1;;;+2/p-1. The van der Waals surface area contributed by atoms with Crippen molar-refractivity contribution in [1.82, 2.24) is 0 Å². The molecule has 1 heterocycles. The van der Waals surface area contributed by atoms with Gasteiger partial charge in [-0.05, 0) is 0 Å². The summed E-state index contributed by atoms with van der Waals surface area (Å²) in [7, 11) is 0. The van der Waals surface area contributed by atoms with E-state index in [1.54, 1.807) is 0 Å². The van der Waals surface area contributed by atoms with Crippen LogP contribution in [-0.2, 0) is 11.2 Å². The summed E-state index contributed by atoms with van der Waals surface area (Å²) in [6.45, 7) is 8.52. The first-order valence-corrected chi connectivity index (χ1v) is 13.0. The second-order valence-corrected chi connectivity index (χ2v) is 14.0. The van der Waals surface area contributed by atoms with Gasteiger partial charge < -0.3 is 0 Å². The number of hydrogen-bond donors (Lipinski definition) is 0. The summed E-state index contributed by atoms with van der Waals surface area (Å²) in [5, 5.41) is 0. The molecule has 0 aromatic carbocycles. The molecule has 1 aliphatic heterocycles. The van der Waals surface area contributed by atoms with Crippen LogP contribution in [0.5, 0.6) is 0 Å². The molecule has 0 spiro atoms. The van der Waals surface area contributed by atoms with E-state index in [1.165, 1.54) is 25.7 Å². The van der Waals surface area contributed by atoms with Crippen LogP contribution in [0.4, 0.5) is 0 Å². The van der Waals surface area contributed by atoms with Crippen molar-refractivity contribution in [3.8, 4) is 0 Å². The molecule has 1 rings (SSSR count). The van der Waals surface area contributed by atoms with E-state index < -0.39 is 25.0 Å².